The van der Waals surface area contributed by atoms with Crippen LogP contribution in [0.5, 0.6) is 0 Å². The number of nitrogens with zero attached hydrogens (tertiary/aromatic N) is 3. The number of carbonyl (C=O) groups excluding carboxylic acids is 2. The monoisotopic (exact) mass is 498 g/mol. The van der Waals surface area contributed by atoms with Crippen molar-refractivity contribution in [3.63, 3.8) is 0 Å². The van der Waals surface area contributed by atoms with Crippen molar-refractivity contribution in [3.8, 4) is 11.3 Å². The zero-order valence-electron chi connectivity index (χ0n) is 20.1. The van der Waals surface area contributed by atoms with Crippen molar-refractivity contribution >= 4 is 18.0 Å². The van der Waals surface area contributed by atoms with Gasteiger partial charge >= 0.3 is 12.2 Å². The van der Waals surface area contributed by atoms with Gasteiger partial charge in [0, 0.05) is 18.1 Å². The van der Waals surface area contributed by atoms with Crippen LogP contribution in [0, 0.1) is 5.82 Å². The van der Waals surface area contributed by atoms with E-state index in [1.54, 1.807) is 39.0 Å². The third kappa shape index (κ3) is 6.87. The maximum Gasteiger partial charge on any atom is 0.417 e. The van der Waals surface area contributed by atoms with Gasteiger partial charge in [-0.1, -0.05) is 29.4 Å². The molecule has 1 aromatic carbocycles. The number of imidazole rings is 1. The Morgan fingerprint density at radius 1 is 1.22 bits per heavy atom. The van der Waals surface area contributed by atoms with Crippen molar-refractivity contribution in [1.82, 2.24) is 20.0 Å². The molecule has 0 spiro atoms. The average Bonchev–Trinajstić information content (AvgIpc) is 3.47. The Morgan fingerprint density at radius 2 is 1.97 bits per heavy atom. The molecule has 190 valence electrons. The number of carbonyl (C=O) groups is 3. The predicted molar refractivity (Wildman–Crippen MR) is 127 cm³/mol. The molecule has 10 nitrogen and oxygen atoms in total. The molecule has 1 amide bonds. The Balaban J connectivity index is 1.84. The minimum Gasteiger partial charge on any atom is -0.464 e. The van der Waals surface area contributed by atoms with Crippen molar-refractivity contribution in [1.29, 1.82) is 0 Å². The summed E-state index contributed by atoms with van der Waals surface area (Å²) in [6.07, 6.45) is 4.54. The lowest BCUT2D eigenvalue weighted by Crippen LogP contribution is -2.36. The molecule has 2 N–H and O–H groups in total. The molecule has 0 unspecified atom stereocenters. The quantitative estimate of drug-likeness (QED) is 0.296. The Labute approximate surface area is 206 Å². The van der Waals surface area contributed by atoms with Gasteiger partial charge < -0.3 is 19.7 Å². The van der Waals surface area contributed by atoms with Gasteiger partial charge in [-0.3, -0.25) is 4.79 Å². The number of ketones is 1. The predicted octanol–water partition coefficient (Wildman–Crippen LogP) is 5.38. The van der Waals surface area contributed by atoms with Crippen LogP contribution in [0.3, 0.4) is 0 Å². The lowest BCUT2D eigenvalue weighted by molar-refractivity contribution is 0.0500. The molecule has 1 atom stereocenters. The minimum absolute atomic E-state index is 0.0186. The van der Waals surface area contributed by atoms with Crippen LogP contribution < -0.4 is 5.32 Å². The summed E-state index contributed by atoms with van der Waals surface area (Å²) in [6.45, 7) is 5.09. The summed E-state index contributed by atoms with van der Waals surface area (Å²) < 4.78 is 25.2. The molecule has 0 saturated carbocycles. The Hall–Kier alpha value is -4.28. The van der Waals surface area contributed by atoms with E-state index in [4.69, 9.17) is 4.74 Å². The van der Waals surface area contributed by atoms with Crippen molar-refractivity contribution in [2.45, 2.75) is 51.7 Å². The van der Waals surface area contributed by atoms with E-state index in [2.05, 4.69) is 20.0 Å². The number of amides is 1. The number of nitrogens with one attached hydrogen (secondary N) is 1. The molecule has 11 heteroatoms. The highest BCUT2D eigenvalue weighted by molar-refractivity contribution is 5.94. The molecule has 0 saturated heterocycles. The molecule has 0 aliphatic carbocycles. The lowest BCUT2D eigenvalue weighted by atomic mass is 10.1. The summed E-state index contributed by atoms with van der Waals surface area (Å²) in [6, 6.07) is 6.29. The number of alkyl carbamates (subject to hydrolysis) is 1. The first kappa shape index (κ1) is 26.3. The zero-order chi connectivity index (χ0) is 26.3. The summed E-state index contributed by atoms with van der Waals surface area (Å²) in [5.41, 5.74) is -0.477. The summed E-state index contributed by atoms with van der Waals surface area (Å²) in [5, 5.41) is 16.2. The number of hydrogen-bond donors (Lipinski definition) is 2. The van der Waals surface area contributed by atoms with Crippen LogP contribution in [0.4, 0.5) is 14.0 Å². The molecular formula is C25H27FN4O6. The second-order valence-electron chi connectivity index (χ2n) is 8.85. The van der Waals surface area contributed by atoms with Crippen LogP contribution in [0.2, 0.25) is 0 Å². The number of carboxylic acid groups (broad SMARTS) is 1. The smallest absolute Gasteiger partial charge is 0.417 e. The first-order chi connectivity index (χ1) is 17.1. The van der Waals surface area contributed by atoms with Gasteiger partial charge in [0.15, 0.2) is 5.78 Å². The van der Waals surface area contributed by atoms with Gasteiger partial charge in [0.1, 0.15) is 29.2 Å². The SMILES string of the molecule is CC(C)(C)OC(=O)N[C@@H](C/C=C/CCC(=O)c1ccon1)c1ncc(-c2ccccc2F)n1C(=O)O. The largest absolute Gasteiger partial charge is 0.464 e. The van der Waals surface area contributed by atoms with Crippen molar-refractivity contribution in [3.05, 3.63) is 72.3 Å². The van der Waals surface area contributed by atoms with Gasteiger partial charge in [0.05, 0.1) is 17.9 Å². The van der Waals surface area contributed by atoms with E-state index in [1.807, 2.05) is 0 Å². The summed E-state index contributed by atoms with van der Waals surface area (Å²) >= 11 is 0. The normalized spacial score (nSPS) is 12.4. The number of benzene rings is 1. The van der Waals surface area contributed by atoms with Gasteiger partial charge in [-0.05, 0) is 45.7 Å². The van der Waals surface area contributed by atoms with E-state index in [0.29, 0.717) is 6.42 Å². The first-order valence-electron chi connectivity index (χ1n) is 11.2. The Bertz CT molecular complexity index is 1240. The van der Waals surface area contributed by atoms with Crippen LogP contribution in [0.15, 0.2) is 59.5 Å². The molecule has 0 radical (unpaired) electrons. The van der Waals surface area contributed by atoms with E-state index in [1.165, 1.54) is 36.7 Å². The van der Waals surface area contributed by atoms with Crippen LogP contribution in [0.25, 0.3) is 11.3 Å². The average molecular weight is 499 g/mol. The number of Topliss-reactive ketones (excluding diaryl/α,β-unsaturated/α-hetero) is 1. The van der Waals surface area contributed by atoms with E-state index >= 15 is 0 Å². The second-order valence-corrected chi connectivity index (χ2v) is 8.85. The maximum absolute atomic E-state index is 14.4. The van der Waals surface area contributed by atoms with Gasteiger partial charge in [-0.2, -0.15) is 0 Å². The second kappa shape index (κ2) is 11.4. The van der Waals surface area contributed by atoms with E-state index in [0.717, 1.165) is 4.57 Å². The molecule has 3 aromatic rings. The number of halogens is 1. The van der Waals surface area contributed by atoms with E-state index in [-0.39, 0.29) is 41.4 Å². The number of allylic oxidation sites excluding steroid dienone is 1. The van der Waals surface area contributed by atoms with E-state index < -0.39 is 29.6 Å². The summed E-state index contributed by atoms with van der Waals surface area (Å²) in [7, 11) is 0. The van der Waals surface area contributed by atoms with Crippen LogP contribution in [-0.2, 0) is 4.74 Å². The van der Waals surface area contributed by atoms with Gasteiger partial charge in [0.2, 0.25) is 0 Å². The highest BCUT2D eigenvalue weighted by atomic mass is 19.1. The zero-order valence-corrected chi connectivity index (χ0v) is 20.1. The van der Waals surface area contributed by atoms with Gasteiger partial charge in [-0.25, -0.2) is 23.5 Å². The highest BCUT2D eigenvalue weighted by Crippen LogP contribution is 2.27. The molecule has 0 fully saturated rings. The van der Waals surface area contributed by atoms with Crippen molar-refractivity contribution < 1.29 is 33.1 Å². The third-order valence-electron chi connectivity index (χ3n) is 4.93. The number of rotatable bonds is 9. The fourth-order valence-electron chi connectivity index (χ4n) is 3.40. The van der Waals surface area contributed by atoms with Crippen LogP contribution in [0.1, 0.15) is 62.4 Å². The fraction of sp³-hybridized carbons (Fsp3) is 0.320. The molecule has 3 rings (SSSR count). The van der Waals surface area contributed by atoms with Crippen LogP contribution >= 0.6 is 0 Å². The number of aromatic nitrogens is 3. The van der Waals surface area contributed by atoms with Gasteiger partial charge in [0.25, 0.3) is 0 Å². The minimum atomic E-state index is -1.39. The first-order valence-corrected chi connectivity index (χ1v) is 11.2. The fourth-order valence-corrected chi connectivity index (χ4v) is 3.40. The van der Waals surface area contributed by atoms with E-state index in [9.17, 15) is 23.9 Å². The molecule has 0 bridgehead atoms. The Kier molecular flexibility index (Phi) is 8.36. The topological polar surface area (TPSA) is 137 Å². The molecule has 36 heavy (non-hydrogen) atoms. The van der Waals surface area contributed by atoms with Crippen LogP contribution in [-0.4, -0.2) is 43.4 Å². The highest BCUT2D eigenvalue weighted by Gasteiger charge is 2.27. The van der Waals surface area contributed by atoms with Crippen molar-refractivity contribution in [2.75, 3.05) is 0 Å². The third-order valence-corrected chi connectivity index (χ3v) is 4.93. The Morgan fingerprint density at radius 3 is 2.61 bits per heavy atom. The standard InChI is InChI=1S/C25H27FN4O6/c1-25(2,3)36-23(32)28-19(11-5-4-6-12-21(31)18-13-14-35-29-18)22-27-15-20(30(22)24(33)34)16-9-7-8-10-17(16)26/h4-5,7-10,13-15,19H,6,11-12H2,1-3H3,(H,28,32)(H,33,34)/b5-4+/t19-/m0/s1. The van der Waals surface area contributed by atoms with Crippen molar-refractivity contribution in [2.24, 2.45) is 0 Å². The van der Waals surface area contributed by atoms with Gasteiger partial charge in [-0.15, -0.1) is 0 Å². The summed E-state index contributed by atoms with van der Waals surface area (Å²) in [4.78, 5) is 40.9. The molecule has 2 aromatic heterocycles. The molecule has 2 heterocycles. The number of ether oxygens (including phenoxy) is 1. The lowest BCUT2D eigenvalue weighted by Gasteiger charge is -2.23. The summed E-state index contributed by atoms with van der Waals surface area (Å²) in [5.74, 6) is -0.817. The molecular weight excluding hydrogens is 471 g/mol. The molecule has 0 aliphatic heterocycles. The maximum atomic E-state index is 14.4. The number of hydrogen-bond acceptors (Lipinski definition) is 7. The molecule has 0 aliphatic rings.